The van der Waals surface area contributed by atoms with E-state index in [-0.39, 0.29) is 23.1 Å². The largest absolute Gasteiger partial charge is 0.354 e. The Bertz CT molecular complexity index is 502. The highest BCUT2D eigenvalue weighted by Crippen LogP contribution is 2.45. The summed E-state index contributed by atoms with van der Waals surface area (Å²) in [7, 11) is 0. The minimum Gasteiger partial charge on any atom is -0.354 e. The fourth-order valence-electron chi connectivity index (χ4n) is 3.46. The van der Waals surface area contributed by atoms with Gasteiger partial charge >= 0.3 is 0 Å². The summed E-state index contributed by atoms with van der Waals surface area (Å²) in [4.78, 5) is 16.5. The average molecular weight is 370 g/mol. The standard InChI is InChI=1S/C18H27N3OS.ClH/c22-17(20-12-15-21-13-10-19-11-14-21)18(8-4-5-9-18)23-16-6-2-1-3-7-16;/h1-3,6-7,19H,4-5,8-15H2,(H,20,22);1H. The Morgan fingerprint density at radius 1 is 1.17 bits per heavy atom. The number of benzene rings is 1. The van der Waals surface area contributed by atoms with Crippen LogP contribution < -0.4 is 10.6 Å². The van der Waals surface area contributed by atoms with Crippen molar-refractivity contribution in [2.24, 2.45) is 0 Å². The number of nitrogens with one attached hydrogen (secondary N) is 2. The second kappa shape index (κ2) is 9.66. The van der Waals surface area contributed by atoms with Gasteiger partial charge in [0, 0.05) is 44.2 Å². The number of hydrogen-bond donors (Lipinski definition) is 2. The van der Waals surface area contributed by atoms with Crippen LogP contribution >= 0.6 is 24.2 Å². The molecule has 1 aromatic carbocycles. The molecule has 2 aliphatic rings. The Balaban J connectivity index is 0.00000208. The third-order valence-corrected chi connectivity index (χ3v) is 6.30. The SMILES string of the molecule is Cl.O=C(NCCN1CCNCC1)C1(Sc2ccccc2)CCCC1. The quantitative estimate of drug-likeness (QED) is 0.808. The average Bonchev–Trinajstić information content (AvgIpc) is 3.06. The normalized spacial score (nSPS) is 20.3. The Kier molecular flexibility index (Phi) is 7.88. The van der Waals surface area contributed by atoms with E-state index in [4.69, 9.17) is 0 Å². The Labute approximate surface area is 155 Å². The third-order valence-electron chi connectivity index (χ3n) is 4.80. The molecule has 134 valence electrons. The van der Waals surface area contributed by atoms with Crippen LogP contribution in [0, 0.1) is 0 Å². The van der Waals surface area contributed by atoms with Crippen molar-refractivity contribution in [1.29, 1.82) is 0 Å². The Morgan fingerprint density at radius 2 is 1.83 bits per heavy atom. The smallest absolute Gasteiger partial charge is 0.236 e. The van der Waals surface area contributed by atoms with Gasteiger partial charge in [-0.3, -0.25) is 9.69 Å². The van der Waals surface area contributed by atoms with Gasteiger partial charge in [-0.2, -0.15) is 0 Å². The molecule has 0 radical (unpaired) electrons. The molecule has 4 nitrogen and oxygen atoms in total. The monoisotopic (exact) mass is 369 g/mol. The molecule has 1 saturated heterocycles. The summed E-state index contributed by atoms with van der Waals surface area (Å²) in [6.45, 7) is 6.00. The highest BCUT2D eigenvalue weighted by Gasteiger charge is 2.41. The highest BCUT2D eigenvalue weighted by atomic mass is 35.5. The number of nitrogens with zero attached hydrogens (tertiary/aromatic N) is 1. The summed E-state index contributed by atoms with van der Waals surface area (Å²) in [5.74, 6) is 0.235. The van der Waals surface area contributed by atoms with Gasteiger partial charge in [-0.05, 0) is 25.0 Å². The van der Waals surface area contributed by atoms with Crippen LogP contribution in [0.4, 0.5) is 0 Å². The molecule has 0 aromatic heterocycles. The summed E-state index contributed by atoms with van der Waals surface area (Å²) in [6, 6.07) is 10.3. The number of amides is 1. The van der Waals surface area contributed by atoms with E-state index in [0.29, 0.717) is 0 Å². The highest BCUT2D eigenvalue weighted by molar-refractivity contribution is 8.01. The molecule has 0 atom stereocenters. The lowest BCUT2D eigenvalue weighted by atomic mass is 10.1. The molecule has 2 fully saturated rings. The summed E-state index contributed by atoms with van der Waals surface area (Å²) in [6.07, 6.45) is 4.30. The lowest BCUT2D eigenvalue weighted by molar-refractivity contribution is -0.123. The maximum absolute atomic E-state index is 12.9. The molecule has 1 aromatic rings. The van der Waals surface area contributed by atoms with Crippen LogP contribution in [0.5, 0.6) is 0 Å². The van der Waals surface area contributed by atoms with Gasteiger partial charge < -0.3 is 10.6 Å². The number of halogens is 1. The predicted molar refractivity (Wildman–Crippen MR) is 103 cm³/mol. The van der Waals surface area contributed by atoms with Crippen LogP contribution in [0.3, 0.4) is 0 Å². The molecule has 0 unspecified atom stereocenters. The maximum Gasteiger partial charge on any atom is 0.236 e. The molecule has 1 saturated carbocycles. The maximum atomic E-state index is 12.9. The van der Waals surface area contributed by atoms with Crippen LogP contribution in [0.25, 0.3) is 0 Å². The van der Waals surface area contributed by atoms with Crippen molar-refractivity contribution < 1.29 is 4.79 Å². The zero-order chi connectivity index (χ0) is 16.0. The first kappa shape index (κ1) is 19.6. The van der Waals surface area contributed by atoms with Crippen molar-refractivity contribution in [2.75, 3.05) is 39.3 Å². The first-order valence-corrected chi connectivity index (χ1v) is 9.56. The molecule has 2 N–H and O–H groups in total. The van der Waals surface area contributed by atoms with Crippen LogP contribution in [-0.2, 0) is 4.79 Å². The first-order valence-electron chi connectivity index (χ1n) is 8.74. The van der Waals surface area contributed by atoms with Crippen molar-refractivity contribution in [3.8, 4) is 0 Å². The molecular weight excluding hydrogens is 342 g/mol. The van der Waals surface area contributed by atoms with E-state index in [1.165, 1.54) is 4.90 Å². The molecule has 1 amide bonds. The number of hydrogen-bond acceptors (Lipinski definition) is 4. The van der Waals surface area contributed by atoms with E-state index >= 15 is 0 Å². The Morgan fingerprint density at radius 3 is 2.50 bits per heavy atom. The fraction of sp³-hybridized carbons (Fsp3) is 0.611. The molecular formula is C18H28ClN3OS. The topological polar surface area (TPSA) is 44.4 Å². The van der Waals surface area contributed by atoms with Gasteiger partial charge in [0.2, 0.25) is 5.91 Å². The number of carbonyl (C=O) groups excluding carboxylic acids is 1. The van der Waals surface area contributed by atoms with Crippen LogP contribution in [0.15, 0.2) is 35.2 Å². The van der Waals surface area contributed by atoms with Crippen LogP contribution in [-0.4, -0.2) is 54.8 Å². The number of thioether (sulfide) groups is 1. The van der Waals surface area contributed by atoms with Crippen LogP contribution in [0.2, 0.25) is 0 Å². The lowest BCUT2D eigenvalue weighted by Crippen LogP contribution is -2.48. The van der Waals surface area contributed by atoms with Crippen molar-refractivity contribution in [3.63, 3.8) is 0 Å². The molecule has 0 spiro atoms. The molecule has 0 bridgehead atoms. The molecule has 6 heteroatoms. The molecule has 3 rings (SSSR count). The van der Waals surface area contributed by atoms with Gasteiger partial charge in [0.25, 0.3) is 0 Å². The molecule has 1 aliphatic heterocycles. The fourth-order valence-corrected chi connectivity index (χ4v) is 4.86. The zero-order valence-electron chi connectivity index (χ0n) is 14.1. The van der Waals surface area contributed by atoms with Gasteiger partial charge in [0.15, 0.2) is 0 Å². The summed E-state index contributed by atoms with van der Waals surface area (Å²) >= 11 is 1.76. The van der Waals surface area contributed by atoms with Crippen molar-refractivity contribution in [2.45, 2.75) is 35.3 Å². The molecule has 1 aliphatic carbocycles. The Hall–Kier alpha value is -0.750. The summed E-state index contributed by atoms with van der Waals surface area (Å²) in [5, 5.41) is 6.57. The van der Waals surface area contributed by atoms with Gasteiger partial charge in [0.1, 0.15) is 0 Å². The van der Waals surface area contributed by atoms with E-state index in [1.54, 1.807) is 11.8 Å². The zero-order valence-corrected chi connectivity index (χ0v) is 15.8. The predicted octanol–water partition coefficient (Wildman–Crippen LogP) is 2.53. The number of rotatable bonds is 6. The number of piperazine rings is 1. The third kappa shape index (κ3) is 5.12. The van der Waals surface area contributed by atoms with Crippen molar-refractivity contribution >= 4 is 30.1 Å². The molecule has 1 heterocycles. The second-order valence-electron chi connectivity index (χ2n) is 6.46. The minimum atomic E-state index is -0.259. The van der Waals surface area contributed by atoms with Crippen molar-refractivity contribution in [3.05, 3.63) is 30.3 Å². The minimum absolute atomic E-state index is 0. The first-order chi connectivity index (χ1) is 11.3. The van der Waals surface area contributed by atoms with E-state index in [2.05, 4.69) is 27.7 Å². The van der Waals surface area contributed by atoms with Gasteiger partial charge in [-0.1, -0.05) is 31.0 Å². The van der Waals surface area contributed by atoms with E-state index < -0.39 is 0 Å². The lowest BCUT2D eigenvalue weighted by Gasteiger charge is -2.29. The summed E-state index contributed by atoms with van der Waals surface area (Å²) in [5.41, 5.74) is 0. The van der Waals surface area contributed by atoms with Crippen LogP contribution in [0.1, 0.15) is 25.7 Å². The number of carbonyl (C=O) groups is 1. The van der Waals surface area contributed by atoms with Crippen molar-refractivity contribution in [1.82, 2.24) is 15.5 Å². The van der Waals surface area contributed by atoms with E-state index in [9.17, 15) is 4.79 Å². The summed E-state index contributed by atoms with van der Waals surface area (Å²) < 4.78 is -0.259. The van der Waals surface area contributed by atoms with E-state index in [1.807, 2.05) is 18.2 Å². The van der Waals surface area contributed by atoms with Gasteiger partial charge in [0.05, 0.1) is 4.75 Å². The second-order valence-corrected chi connectivity index (χ2v) is 7.92. The van der Waals surface area contributed by atoms with Gasteiger partial charge in [-0.15, -0.1) is 24.2 Å². The van der Waals surface area contributed by atoms with Gasteiger partial charge in [-0.25, -0.2) is 0 Å². The van der Waals surface area contributed by atoms with E-state index in [0.717, 1.165) is 65.0 Å². The molecule has 24 heavy (non-hydrogen) atoms.